The summed E-state index contributed by atoms with van der Waals surface area (Å²) in [4.78, 5) is 15.1. The summed E-state index contributed by atoms with van der Waals surface area (Å²) in [5.41, 5.74) is 3.57. The fraction of sp³-hybridized carbons (Fsp3) is 0.421. The molecule has 1 aromatic heterocycles. The minimum atomic E-state index is 0.149. The second kappa shape index (κ2) is 6.76. The van der Waals surface area contributed by atoms with Gasteiger partial charge in [0.2, 0.25) is 0 Å². The molecule has 0 bridgehead atoms. The van der Waals surface area contributed by atoms with Crippen LogP contribution in [0, 0.1) is 0 Å². The standard InChI is InChI=1S/C19H23NOS/c1-14(20-11-4-3-5-12-20)16-6-8-17(9-7-16)18-10-13-22-19(18)15(2)21/h6-10,13-14H,3-5,11-12H2,1-2H3. The van der Waals surface area contributed by atoms with E-state index in [1.165, 1.54) is 49.3 Å². The molecule has 1 saturated heterocycles. The van der Waals surface area contributed by atoms with Crippen LogP contribution in [0.4, 0.5) is 0 Å². The van der Waals surface area contributed by atoms with Crippen LogP contribution >= 0.6 is 11.3 Å². The van der Waals surface area contributed by atoms with Crippen LogP contribution in [-0.2, 0) is 0 Å². The van der Waals surface area contributed by atoms with E-state index in [-0.39, 0.29) is 5.78 Å². The van der Waals surface area contributed by atoms with Gasteiger partial charge in [0.1, 0.15) is 0 Å². The van der Waals surface area contributed by atoms with Crippen LogP contribution in [-0.4, -0.2) is 23.8 Å². The number of Topliss-reactive ketones (excluding diaryl/α,β-unsaturated/α-hetero) is 1. The first-order valence-electron chi connectivity index (χ1n) is 8.09. The average Bonchev–Trinajstić information content (AvgIpc) is 3.05. The van der Waals surface area contributed by atoms with Gasteiger partial charge in [0, 0.05) is 11.6 Å². The lowest BCUT2D eigenvalue weighted by molar-refractivity contribution is 0.102. The molecule has 1 fully saturated rings. The molecule has 1 atom stereocenters. The summed E-state index contributed by atoms with van der Waals surface area (Å²) in [6.45, 7) is 6.36. The van der Waals surface area contributed by atoms with Crippen molar-refractivity contribution in [1.29, 1.82) is 0 Å². The Morgan fingerprint density at radius 1 is 1.09 bits per heavy atom. The summed E-state index contributed by atoms with van der Waals surface area (Å²) in [5.74, 6) is 0.149. The third kappa shape index (κ3) is 3.16. The number of benzene rings is 1. The molecule has 0 amide bonds. The van der Waals surface area contributed by atoms with Crippen LogP contribution in [0.5, 0.6) is 0 Å². The van der Waals surface area contributed by atoms with Gasteiger partial charge in [-0.1, -0.05) is 30.7 Å². The third-order valence-corrected chi connectivity index (χ3v) is 5.64. The van der Waals surface area contributed by atoms with Crippen LogP contribution in [0.3, 0.4) is 0 Å². The van der Waals surface area contributed by atoms with Gasteiger partial charge in [0.25, 0.3) is 0 Å². The number of thiophene rings is 1. The van der Waals surface area contributed by atoms with Crippen molar-refractivity contribution in [2.75, 3.05) is 13.1 Å². The Balaban J connectivity index is 1.80. The summed E-state index contributed by atoms with van der Waals surface area (Å²) in [6, 6.07) is 11.3. The number of ketones is 1. The van der Waals surface area contributed by atoms with E-state index in [0.717, 1.165) is 16.0 Å². The maximum atomic E-state index is 11.7. The van der Waals surface area contributed by atoms with Crippen LogP contribution < -0.4 is 0 Å². The second-order valence-corrected chi connectivity index (χ2v) is 7.03. The molecule has 0 spiro atoms. The molecular formula is C19H23NOS. The van der Waals surface area contributed by atoms with E-state index >= 15 is 0 Å². The van der Waals surface area contributed by atoms with Crippen molar-refractivity contribution in [3.8, 4) is 11.1 Å². The molecule has 2 aromatic rings. The first-order chi connectivity index (χ1) is 10.7. The zero-order valence-electron chi connectivity index (χ0n) is 13.3. The summed E-state index contributed by atoms with van der Waals surface area (Å²) in [5, 5.41) is 2.00. The zero-order valence-corrected chi connectivity index (χ0v) is 14.2. The van der Waals surface area contributed by atoms with Gasteiger partial charge >= 0.3 is 0 Å². The van der Waals surface area contributed by atoms with E-state index in [1.807, 2.05) is 11.4 Å². The molecule has 2 nitrogen and oxygen atoms in total. The number of hydrogen-bond donors (Lipinski definition) is 0. The fourth-order valence-corrected chi connectivity index (χ4v) is 4.09. The minimum Gasteiger partial charge on any atom is -0.297 e. The van der Waals surface area contributed by atoms with Gasteiger partial charge in [0.05, 0.1) is 4.88 Å². The lowest BCUT2D eigenvalue weighted by Crippen LogP contribution is -2.32. The lowest BCUT2D eigenvalue weighted by Gasteiger charge is -2.32. The van der Waals surface area contributed by atoms with Crippen molar-refractivity contribution >= 4 is 17.1 Å². The molecule has 3 rings (SSSR count). The first-order valence-corrected chi connectivity index (χ1v) is 8.97. The Morgan fingerprint density at radius 2 is 1.77 bits per heavy atom. The van der Waals surface area contributed by atoms with Crippen LogP contribution in [0.1, 0.15) is 54.4 Å². The molecule has 1 aliphatic heterocycles. The Bertz CT molecular complexity index is 638. The number of carbonyl (C=O) groups is 1. The number of nitrogens with zero attached hydrogens (tertiary/aromatic N) is 1. The first kappa shape index (κ1) is 15.4. The Labute approximate surface area is 136 Å². The highest BCUT2D eigenvalue weighted by Crippen LogP contribution is 2.31. The van der Waals surface area contributed by atoms with Gasteiger partial charge in [-0.2, -0.15) is 0 Å². The van der Waals surface area contributed by atoms with E-state index < -0.39 is 0 Å². The van der Waals surface area contributed by atoms with Gasteiger partial charge < -0.3 is 0 Å². The Morgan fingerprint density at radius 3 is 2.41 bits per heavy atom. The molecule has 0 N–H and O–H groups in total. The van der Waals surface area contributed by atoms with Crippen molar-refractivity contribution < 1.29 is 4.79 Å². The molecular weight excluding hydrogens is 290 g/mol. The van der Waals surface area contributed by atoms with E-state index in [1.54, 1.807) is 6.92 Å². The Kier molecular flexibility index (Phi) is 4.74. The van der Waals surface area contributed by atoms with Gasteiger partial charge in [-0.3, -0.25) is 9.69 Å². The molecule has 0 saturated carbocycles. The number of piperidine rings is 1. The molecule has 116 valence electrons. The fourth-order valence-electron chi connectivity index (χ4n) is 3.27. The Hall–Kier alpha value is -1.45. The van der Waals surface area contributed by atoms with Gasteiger partial charge in [-0.05, 0) is 62.4 Å². The van der Waals surface area contributed by atoms with E-state index in [0.29, 0.717) is 6.04 Å². The molecule has 1 unspecified atom stereocenters. The predicted octanol–water partition coefficient (Wildman–Crippen LogP) is 5.16. The van der Waals surface area contributed by atoms with Gasteiger partial charge in [-0.25, -0.2) is 0 Å². The van der Waals surface area contributed by atoms with Gasteiger partial charge in [0.15, 0.2) is 5.78 Å². The highest BCUT2D eigenvalue weighted by molar-refractivity contribution is 7.12. The summed E-state index contributed by atoms with van der Waals surface area (Å²) >= 11 is 1.53. The smallest absolute Gasteiger partial charge is 0.170 e. The molecule has 3 heteroatoms. The lowest BCUT2D eigenvalue weighted by atomic mass is 9.99. The second-order valence-electron chi connectivity index (χ2n) is 6.11. The number of rotatable bonds is 4. The summed E-state index contributed by atoms with van der Waals surface area (Å²) < 4.78 is 0. The number of carbonyl (C=O) groups excluding carboxylic acids is 1. The molecule has 0 radical (unpaired) electrons. The van der Waals surface area contributed by atoms with Crippen molar-refractivity contribution in [3.05, 3.63) is 46.2 Å². The molecule has 2 heterocycles. The SMILES string of the molecule is CC(=O)c1sccc1-c1ccc(C(C)N2CCCCC2)cc1. The molecule has 22 heavy (non-hydrogen) atoms. The van der Waals surface area contributed by atoms with Crippen molar-refractivity contribution in [1.82, 2.24) is 4.90 Å². The summed E-state index contributed by atoms with van der Waals surface area (Å²) in [6.07, 6.45) is 4.01. The predicted molar refractivity (Wildman–Crippen MR) is 93.6 cm³/mol. The monoisotopic (exact) mass is 313 g/mol. The maximum absolute atomic E-state index is 11.7. The summed E-state index contributed by atoms with van der Waals surface area (Å²) in [7, 11) is 0. The normalized spacial score (nSPS) is 17.4. The van der Waals surface area contributed by atoms with E-state index in [2.05, 4.69) is 36.1 Å². The van der Waals surface area contributed by atoms with Crippen LogP contribution in [0.2, 0.25) is 0 Å². The van der Waals surface area contributed by atoms with E-state index in [9.17, 15) is 4.79 Å². The number of likely N-dealkylation sites (tertiary alicyclic amines) is 1. The topological polar surface area (TPSA) is 20.3 Å². The molecule has 0 aliphatic carbocycles. The van der Waals surface area contributed by atoms with Crippen molar-refractivity contribution in [3.63, 3.8) is 0 Å². The van der Waals surface area contributed by atoms with Crippen molar-refractivity contribution in [2.45, 2.75) is 39.2 Å². The van der Waals surface area contributed by atoms with Crippen LogP contribution in [0.25, 0.3) is 11.1 Å². The third-order valence-electron chi connectivity index (χ3n) is 4.63. The van der Waals surface area contributed by atoms with Crippen molar-refractivity contribution in [2.24, 2.45) is 0 Å². The maximum Gasteiger partial charge on any atom is 0.170 e. The highest BCUT2D eigenvalue weighted by atomic mass is 32.1. The minimum absolute atomic E-state index is 0.149. The van der Waals surface area contributed by atoms with E-state index in [4.69, 9.17) is 0 Å². The van der Waals surface area contributed by atoms with Crippen LogP contribution in [0.15, 0.2) is 35.7 Å². The molecule has 1 aliphatic rings. The number of hydrogen-bond acceptors (Lipinski definition) is 3. The average molecular weight is 313 g/mol. The quantitative estimate of drug-likeness (QED) is 0.726. The van der Waals surface area contributed by atoms with Gasteiger partial charge in [-0.15, -0.1) is 11.3 Å². The zero-order chi connectivity index (χ0) is 15.5. The molecule has 1 aromatic carbocycles. The highest BCUT2D eigenvalue weighted by Gasteiger charge is 2.18. The largest absolute Gasteiger partial charge is 0.297 e.